The second-order valence-corrected chi connectivity index (χ2v) is 12.1. The fourth-order valence-electron chi connectivity index (χ4n) is 4.20. The molecule has 5 rings (SSSR count). The number of thioether (sulfide) groups is 1. The van der Waals surface area contributed by atoms with Crippen LogP contribution in [0.25, 0.3) is 22.4 Å². The lowest BCUT2D eigenvalue weighted by molar-refractivity contribution is -0.115. The lowest BCUT2D eigenvalue weighted by Gasteiger charge is -2.13. The number of hydrogen-bond acceptors (Lipinski definition) is 9. The second kappa shape index (κ2) is 13.8. The van der Waals surface area contributed by atoms with E-state index in [-0.39, 0.29) is 23.2 Å². The van der Waals surface area contributed by atoms with Crippen molar-refractivity contribution in [1.29, 1.82) is 5.26 Å². The van der Waals surface area contributed by atoms with E-state index in [4.69, 9.17) is 9.72 Å². The molecule has 3 aromatic carbocycles. The van der Waals surface area contributed by atoms with Gasteiger partial charge in [-0.3, -0.25) is 4.79 Å². The number of nitriles is 1. The zero-order valence-corrected chi connectivity index (χ0v) is 25.1. The van der Waals surface area contributed by atoms with Gasteiger partial charge in [-0.15, -0.1) is 11.8 Å². The molecule has 12 heteroatoms. The van der Waals surface area contributed by atoms with Gasteiger partial charge in [0.25, 0.3) is 10.0 Å². The van der Waals surface area contributed by atoms with Crippen LogP contribution in [0.5, 0.6) is 5.75 Å². The van der Waals surface area contributed by atoms with E-state index >= 15 is 0 Å². The largest absolute Gasteiger partial charge is 0.497 e. The molecule has 0 aliphatic heterocycles. The monoisotopic (exact) mass is 622 g/mol. The number of aromatic nitrogens is 3. The SMILES string of the molecule is COc1ccc(-c2cc(-c3ccccc3)nc(SCCC(=O)Nc3ccc(S(=O)(=O)Nc4ncccn4)cc3)c2C#N)cc1. The standard InChI is InChI=1S/C32H26N6O4S2/c1-42-25-12-8-22(9-13-25)27-20-29(23-6-3-2-4-7-23)37-31(28(27)21-33)43-19-16-30(39)36-24-10-14-26(15-11-24)44(40,41)38-32-34-17-5-18-35-32/h2-15,17-18,20H,16,19H2,1H3,(H,36,39)(H,34,35,38). The maximum atomic E-state index is 12.7. The van der Waals surface area contributed by atoms with Gasteiger partial charge in [0.15, 0.2) is 0 Å². The molecule has 0 bridgehead atoms. The summed E-state index contributed by atoms with van der Waals surface area (Å²) in [5.74, 6) is 0.764. The fraction of sp³-hybridized carbons (Fsp3) is 0.0938. The summed E-state index contributed by atoms with van der Waals surface area (Å²) < 4.78 is 32.8. The molecular formula is C32H26N6O4S2. The zero-order chi connectivity index (χ0) is 30.9. The second-order valence-electron chi connectivity index (χ2n) is 9.29. The molecule has 0 aliphatic carbocycles. The molecule has 220 valence electrons. The first-order valence-electron chi connectivity index (χ1n) is 13.3. The van der Waals surface area contributed by atoms with Crippen LogP contribution in [0.3, 0.4) is 0 Å². The summed E-state index contributed by atoms with van der Waals surface area (Å²) in [5.41, 5.74) is 4.07. The average molecular weight is 623 g/mol. The number of rotatable bonds is 11. The molecule has 2 heterocycles. The van der Waals surface area contributed by atoms with E-state index in [1.807, 2.05) is 60.7 Å². The van der Waals surface area contributed by atoms with E-state index in [0.717, 1.165) is 16.7 Å². The number of nitrogens with one attached hydrogen (secondary N) is 2. The van der Waals surface area contributed by atoms with E-state index in [0.29, 0.717) is 33.5 Å². The van der Waals surface area contributed by atoms with Crippen molar-refractivity contribution in [3.63, 3.8) is 0 Å². The molecule has 5 aromatic rings. The number of amides is 1. The minimum Gasteiger partial charge on any atom is -0.497 e. The highest BCUT2D eigenvalue weighted by molar-refractivity contribution is 7.99. The van der Waals surface area contributed by atoms with Crippen LogP contribution < -0.4 is 14.8 Å². The lowest BCUT2D eigenvalue weighted by Crippen LogP contribution is -2.15. The quantitative estimate of drug-likeness (QED) is 0.169. The van der Waals surface area contributed by atoms with Gasteiger partial charge < -0.3 is 10.1 Å². The molecule has 10 nitrogen and oxygen atoms in total. The van der Waals surface area contributed by atoms with Crippen LogP contribution in [0.1, 0.15) is 12.0 Å². The Morgan fingerprint density at radius 3 is 2.30 bits per heavy atom. The number of pyridine rings is 1. The van der Waals surface area contributed by atoms with Crippen LogP contribution in [0.2, 0.25) is 0 Å². The van der Waals surface area contributed by atoms with Crippen LogP contribution in [0.15, 0.2) is 113 Å². The summed E-state index contributed by atoms with van der Waals surface area (Å²) >= 11 is 1.32. The average Bonchev–Trinajstić information content (AvgIpc) is 3.05. The van der Waals surface area contributed by atoms with Crippen molar-refractivity contribution >= 4 is 39.3 Å². The van der Waals surface area contributed by atoms with Gasteiger partial charge in [0.2, 0.25) is 11.9 Å². The number of ether oxygens (including phenoxy) is 1. The molecule has 0 fully saturated rings. The molecule has 44 heavy (non-hydrogen) atoms. The van der Waals surface area contributed by atoms with E-state index in [9.17, 15) is 18.5 Å². The summed E-state index contributed by atoms with van der Waals surface area (Å²) in [4.78, 5) is 25.3. The van der Waals surface area contributed by atoms with Crippen LogP contribution >= 0.6 is 11.8 Å². The van der Waals surface area contributed by atoms with Gasteiger partial charge in [0, 0.05) is 41.4 Å². The maximum Gasteiger partial charge on any atom is 0.264 e. The topological polar surface area (TPSA) is 147 Å². The Labute approximate surface area is 259 Å². The van der Waals surface area contributed by atoms with Gasteiger partial charge >= 0.3 is 0 Å². The minimum atomic E-state index is -3.89. The minimum absolute atomic E-state index is 0.000392. The number of carbonyl (C=O) groups is 1. The molecule has 0 saturated carbocycles. The van der Waals surface area contributed by atoms with Gasteiger partial charge in [-0.25, -0.2) is 28.1 Å². The molecule has 0 spiro atoms. The van der Waals surface area contributed by atoms with Crippen LogP contribution in [0, 0.1) is 11.3 Å². The summed E-state index contributed by atoms with van der Waals surface area (Å²) in [5, 5.41) is 13.4. The first-order valence-corrected chi connectivity index (χ1v) is 15.8. The maximum absolute atomic E-state index is 12.7. The van der Waals surface area contributed by atoms with Gasteiger partial charge in [0.1, 0.15) is 16.8 Å². The molecule has 0 saturated heterocycles. The Bertz CT molecular complexity index is 1900. The lowest BCUT2D eigenvalue weighted by atomic mass is 9.99. The molecule has 2 aromatic heterocycles. The Morgan fingerprint density at radius 2 is 1.64 bits per heavy atom. The summed E-state index contributed by atoms with van der Waals surface area (Å²) in [7, 11) is -2.29. The van der Waals surface area contributed by atoms with Gasteiger partial charge in [-0.1, -0.05) is 42.5 Å². The van der Waals surface area contributed by atoms with Crippen molar-refractivity contribution in [2.75, 3.05) is 22.9 Å². The van der Waals surface area contributed by atoms with E-state index in [1.54, 1.807) is 13.2 Å². The number of sulfonamides is 1. The highest BCUT2D eigenvalue weighted by Crippen LogP contribution is 2.35. The first kappa shape index (κ1) is 30.2. The van der Waals surface area contributed by atoms with Crippen molar-refractivity contribution in [2.24, 2.45) is 0 Å². The first-order chi connectivity index (χ1) is 21.4. The van der Waals surface area contributed by atoms with Gasteiger partial charge in [-0.2, -0.15) is 5.26 Å². The number of benzene rings is 3. The van der Waals surface area contributed by atoms with E-state index in [1.165, 1.54) is 48.4 Å². The molecular weight excluding hydrogens is 597 g/mol. The Morgan fingerprint density at radius 1 is 0.932 bits per heavy atom. The normalized spacial score (nSPS) is 10.9. The Kier molecular flexibility index (Phi) is 9.49. The molecule has 2 N–H and O–H groups in total. The number of carbonyl (C=O) groups excluding carboxylic acids is 1. The van der Waals surface area contributed by atoms with Crippen molar-refractivity contribution < 1.29 is 17.9 Å². The number of nitrogens with zero attached hydrogens (tertiary/aromatic N) is 4. The molecule has 0 unspecified atom stereocenters. The van der Waals surface area contributed by atoms with Gasteiger partial charge in [0.05, 0.1) is 23.3 Å². The Balaban J connectivity index is 1.28. The predicted octanol–water partition coefficient (Wildman–Crippen LogP) is 6.01. The van der Waals surface area contributed by atoms with Crippen molar-refractivity contribution in [2.45, 2.75) is 16.3 Å². The third-order valence-corrected chi connectivity index (χ3v) is 8.70. The highest BCUT2D eigenvalue weighted by atomic mass is 32.2. The Hall–Kier alpha value is -5.25. The number of methoxy groups -OCH3 is 1. The van der Waals surface area contributed by atoms with E-state index < -0.39 is 10.0 Å². The summed E-state index contributed by atoms with van der Waals surface area (Å²) in [6.45, 7) is 0. The molecule has 0 radical (unpaired) electrons. The molecule has 0 atom stereocenters. The highest BCUT2D eigenvalue weighted by Gasteiger charge is 2.18. The van der Waals surface area contributed by atoms with Crippen molar-refractivity contribution in [1.82, 2.24) is 15.0 Å². The fourth-order valence-corrected chi connectivity index (χ4v) is 6.10. The van der Waals surface area contributed by atoms with Crippen molar-refractivity contribution in [3.05, 3.63) is 109 Å². The van der Waals surface area contributed by atoms with Crippen molar-refractivity contribution in [3.8, 4) is 34.2 Å². The zero-order valence-electron chi connectivity index (χ0n) is 23.5. The molecule has 1 amide bonds. The van der Waals surface area contributed by atoms with E-state index in [2.05, 4.69) is 26.1 Å². The number of anilines is 2. The summed E-state index contributed by atoms with van der Waals surface area (Å²) in [6.07, 6.45) is 3.00. The predicted molar refractivity (Wildman–Crippen MR) is 170 cm³/mol. The van der Waals surface area contributed by atoms with Crippen LogP contribution in [0.4, 0.5) is 11.6 Å². The number of hydrogen-bond donors (Lipinski definition) is 2. The van der Waals surface area contributed by atoms with Crippen LogP contribution in [-0.2, 0) is 14.8 Å². The third kappa shape index (κ3) is 7.38. The third-order valence-electron chi connectivity index (χ3n) is 6.38. The van der Waals surface area contributed by atoms with Gasteiger partial charge in [-0.05, 0) is 54.1 Å². The van der Waals surface area contributed by atoms with Crippen LogP contribution in [-0.4, -0.2) is 42.1 Å². The molecule has 0 aliphatic rings. The summed E-state index contributed by atoms with van der Waals surface area (Å²) in [6, 6.07) is 28.7. The smallest absolute Gasteiger partial charge is 0.264 e.